The lowest BCUT2D eigenvalue weighted by Gasteiger charge is -2.33. The molecule has 0 radical (unpaired) electrons. The number of carbonyl (C=O) groups is 1. The third-order valence-electron chi connectivity index (χ3n) is 4.75. The predicted molar refractivity (Wildman–Crippen MR) is 94.8 cm³/mol. The van der Waals surface area contributed by atoms with E-state index < -0.39 is 0 Å². The van der Waals surface area contributed by atoms with Gasteiger partial charge in [-0.2, -0.15) is 4.99 Å². The van der Waals surface area contributed by atoms with Crippen LogP contribution in [0.1, 0.15) is 44.6 Å². The molecule has 1 aromatic carbocycles. The lowest BCUT2D eigenvalue weighted by atomic mass is 9.76. The first-order valence-electron chi connectivity index (χ1n) is 8.31. The van der Waals surface area contributed by atoms with Crippen molar-refractivity contribution in [3.05, 3.63) is 29.8 Å². The summed E-state index contributed by atoms with van der Waals surface area (Å²) in [6, 6.07) is 8.05. The molecule has 23 heavy (non-hydrogen) atoms. The summed E-state index contributed by atoms with van der Waals surface area (Å²) in [5, 5.41) is 0.198. The van der Waals surface area contributed by atoms with E-state index in [1.54, 1.807) is 0 Å². The van der Waals surface area contributed by atoms with Gasteiger partial charge in [0, 0.05) is 5.41 Å². The van der Waals surface area contributed by atoms with E-state index in [4.69, 9.17) is 10.5 Å². The van der Waals surface area contributed by atoms with Crippen LogP contribution >= 0.6 is 11.8 Å². The lowest BCUT2D eigenvalue weighted by molar-refractivity contribution is -0.117. The maximum atomic E-state index is 11.7. The first-order chi connectivity index (χ1) is 11.0. The van der Waals surface area contributed by atoms with Crippen LogP contribution < -0.4 is 10.5 Å². The van der Waals surface area contributed by atoms with Crippen LogP contribution in [0.15, 0.2) is 29.3 Å². The molecule has 1 aliphatic carbocycles. The van der Waals surface area contributed by atoms with Gasteiger partial charge in [0.1, 0.15) is 5.75 Å². The molecule has 1 unspecified atom stereocenters. The van der Waals surface area contributed by atoms with E-state index >= 15 is 0 Å². The molecule has 2 N–H and O–H groups in total. The second kappa shape index (κ2) is 6.95. The molecule has 124 valence electrons. The number of benzene rings is 1. The number of carbonyl (C=O) groups excluding carboxylic acids is 1. The topological polar surface area (TPSA) is 64.7 Å². The summed E-state index contributed by atoms with van der Waals surface area (Å²) in [5.41, 5.74) is 7.01. The average Bonchev–Trinajstić information content (AvgIpc) is 2.85. The Labute approximate surface area is 141 Å². The van der Waals surface area contributed by atoms with Crippen molar-refractivity contribution in [1.82, 2.24) is 0 Å². The molecule has 1 saturated carbocycles. The number of nitrogens with zero attached hydrogens (tertiary/aromatic N) is 1. The van der Waals surface area contributed by atoms with Gasteiger partial charge in [-0.15, -0.1) is 0 Å². The van der Waals surface area contributed by atoms with Gasteiger partial charge in [-0.1, -0.05) is 50.1 Å². The normalized spacial score (nSPS) is 23.6. The van der Waals surface area contributed by atoms with Crippen molar-refractivity contribution in [3.8, 4) is 5.75 Å². The van der Waals surface area contributed by atoms with Gasteiger partial charge in [0.15, 0.2) is 5.17 Å². The van der Waals surface area contributed by atoms with Gasteiger partial charge in [-0.25, -0.2) is 0 Å². The number of nitrogens with two attached hydrogens (primary N) is 1. The number of aliphatic imine (C=N–C) groups is 1. The van der Waals surface area contributed by atoms with Crippen molar-refractivity contribution >= 4 is 22.8 Å². The molecular weight excluding hydrogens is 308 g/mol. The van der Waals surface area contributed by atoms with Gasteiger partial charge < -0.3 is 10.5 Å². The Morgan fingerprint density at radius 2 is 1.96 bits per heavy atom. The number of ether oxygens (including phenoxy) is 1. The molecule has 0 spiro atoms. The molecule has 2 aliphatic rings. The Hall–Kier alpha value is -1.49. The van der Waals surface area contributed by atoms with Crippen LogP contribution in [0.4, 0.5) is 0 Å². The number of amides is 1. The van der Waals surface area contributed by atoms with Crippen LogP contribution in [0.2, 0.25) is 0 Å². The van der Waals surface area contributed by atoms with Crippen LogP contribution in [-0.4, -0.2) is 22.9 Å². The largest absolute Gasteiger partial charge is 0.493 e. The zero-order valence-corrected chi connectivity index (χ0v) is 14.4. The Morgan fingerprint density at radius 1 is 1.26 bits per heavy atom. The van der Waals surface area contributed by atoms with Crippen LogP contribution in [-0.2, 0) is 11.2 Å². The molecule has 0 saturated heterocycles. The zero-order valence-electron chi connectivity index (χ0n) is 13.6. The minimum absolute atomic E-state index is 0.127. The second-order valence-electron chi connectivity index (χ2n) is 6.90. The van der Waals surface area contributed by atoms with Gasteiger partial charge in [0.25, 0.3) is 5.91 Å². The van der Waals surface area contributed by atoms with Crippen molar-refractivity contribution < 1.29 is 9.53 Å². The Balaban J connectivity index is 1.52. The van der Waals surface area contributed by atoms with Gasteiger partial charge in [0.2, 0.25) is 0 Å². The highest BCUT2D eigenvalue weighted by Gasteiger charge is 2.28. The minimum Gasteiger partial charge on any atom is -0.493 e. The summed E-state index contributed by atoms with van der Waals surface area (Å²) < 4.78 is 6.00. The van der Waals surface area contributed by atoms with Gasteiger partial charge in [0.05, 0.1) is 11.9 Å². The maximum Gasteiger partial charge on any atom is 0.261 e. The van der Waals surface area contributed by atoms with Gasteiger partial charge in [-0.3, -0.25) is 4.79 Å². The number of hydrogen-bond acceptors (Lipinski definition) is 4. The summed E-state index contributed by atoms with van der Waals surface area (Å²) in [6.07, 6.45) is 7.16. The molecular formula is C18H24N2O2S. The smallest absolute Gasteiger partial charge is 0.261 e. The average molecular weight is 332 g/mol. The van der Waals surface area contributed by atoms with E-state index in [1.807, 2.05) is 24.3 Å². The fourth-order valence-corrected chi connectivity index (χ4v) is 4.14. The molecule has 1 fully saturated rings. The van der Waals surface area contributed by atoms with Crippen LogP contribution in [0, 0.1) is 5.41 Å². The molecule has 4 nitrogen and oxygen atoms in total. The highest BCUT2D eigenvalue weighted by atomic mass is 32.2. The fraction of sp³-hybridized carbons (Fsp3) is 0.556. The third kappa shape index (κ3) is 4.28. The van der Waals surface area contributed by atoms with Crippen molar-refractivity contribution in [1.29, 1.82) is 0 Å². The van der Waals surface area contributed by atoms with E-state index in [1.165, 1.54) is 43.9 Å². The van der Waals surface area contributed by atoms with E-state index in [0.717, 1.165) is 17.9 Å². The van der Waals surface area contributed by atoms with Crippen molar-refractivity contribution in [3.63, 3.8) is 0 Å². The van der Waals surface area contributed by atoms with Crippen molar-refractivity contribution in [2.75, 3.05) is 6.61 Å². The summed E-state index contributed by atoms with van der Waals surface area (Å²) >= 11 is 1.35. The molecule has 1 amide bonds. The lowest BCUT2D eigenvalue weighted by Crippen LogP contribution is -2.27. The zero-order chi connectivity index (χ0) is 16.3. The first-order valence-corrected chi connectivity index (χ1v) is 9.18. The molecule has 0 bridgehead atoms. The quantitative estimate of drug-likeness (QED) is 0.896. The molecule has 1 aliphatic heterocycles. The monoisotopic (exact) mass is 332 g/mol. The van der Waals surface area contributed by atoms with E-state index in [-0.39, 0.29) is 11.2 Å². The minimum atomic E-state index is -0.178. The molecule has 3 rings (SSSR count). The third-order valence-corrected chi connectivity index (χ3v) is 5.74. The van der Waals surface area contributed by atoms with Crippen molar-refractivity contribution in [2.45, 2.75) is 50.7 Å². The molecule has 1 heterocycles. The van der Waals surface area contributed by atoms with Crippen LogP contribution in [0.3, 0.4) is 0 Å². The number of amidine groups is 1. The van der Waals surface area contributed by atoms with E-state index in [9.17, 15) is 4.79 Å². The highest BCUT2D eigenvalue weighted by Crippen LogP contribution is 2.36. The predicted octanol–water partition coefficient (Wildman–Crippen LogP) is 3.54. The fourth-order valence-electron chi connectivity index (χ4n) is 3.28. The highest BCUT2D eigenvalue weighted by molar-refractivity contribution is 8.15. The Morgan fingerprint density at radius 3 is 2.57 bits per heavy atom. The summed E-state index contributed by atoms with van der Waals surface area (Å²) in [6.45, 7) is 3.11. The van der Waals surface area contributed by atoms with Crippen LogP contribution in [0.25, 0.3) is 0 Å². The molecule has 1 aromatic rings. The number of hydrogen-bond donors (Lipinski definition) is 1. The SMILES string of the molecule is CC1(COc2ccc(CC3SC(N)=NC3=O)cc2)CCCCC1. The first kappa shape index (κ1) is 16.4. The molecule has 5 heteroatoms. The maximum absolute atomic E-state index is 11.7. The summed E-state index contributed by atoms with van der Waals surface area (Å²) in [7, 11) is 0. The van der Waals surface area contributed by atoms with Gasteiger partial charge in [-0.05, 0) is 37.0 Å². The Kier molecular flexibility index (Phi) is 4.95. The van der Waals surface area contributed by atoms with Crippen molar-refractivity contribution in [2.24, 2.45) is 16.1 Å². The summed E-state index contributed by atoms with van der Waals surface area (Å²) in [4.78, 5) is 15.4. The van der Waals surface area contributed by atoms with E-state index in [2.05, 4.69) is 11.9 Å². The Bertz CT molecular complexity index is 592. The summed E-state index contributed by atoms with van der Waals surface area (Å²) in [5.74, 6) is 0.778. The second-order valence-corrected chi connectivity index (χ2v) is 8.13. The molecule has 0 aromatic heterocycles. The standard InChI is InChI=1S/C18H24N2O2S/c1-18(9-3-2-4-10-18)12-22-14-7-5-13(6-8-14)11-15-16(21)20-17(19)23-15/h5-8,15H,2-4,9-12H2,1H3,(H2,19,20,21). The molecule has 1 atom stereocenters. The van der Waals surface area contributed by atoms with E-state index in [0.29, 0.717) is 17.0 Å². The van der Waals surface area contributed by atoms with Gasteiger partial charge >= 0.3 is 0 Å². The number of thioether (sulfide) groups is 1. The number of rotatable bonds is 5. The van der Waals surface area contributed by atoms with Crippen LogP contribution in [0.5, 0.6) is 5.75 Å².